The number of nitrogens with zero attached hydrogens (tertiary/aromatic N) is 2. The lowest BCUT2D eigenvalue weighted by atomic mass is 10.2. The van der Waals surface area contributed by atoms with Crippen LogP contribution >= 0.6 is 22.6 Å². The summed E-state index contributed by atoms with van der Waals surface area (Å²) < 4.78 is 1.05. The summed E-state index contributed by atoms with van der Waals surface area (Å²) in [7, 11) is 1.96. The fourth-order valence-electron chi connectivity index (χ4n) is 1.09. The molecule has 0 saturated heterocycles. The van der Waals surface area contributed by atoms with E-state index in [9.17, 15) is 0 Å². The number of anilines is 1. The molecule has 1 heterocycles. The van der Waals surface area contributed by atoms with Crippen LogP contribution in [-0.2, 0) is 0 Å². The molecule has 0 saturated carbocycles. The molecule has 2 N–H and O–H groups in total. The molecule has 0 aliphatic rings. The number of aromatic nitrogens is 2. The van der Waals surface area contributed by atoms with Crippen LogP contribution in [0.5, 0.6) is 0 Å². The molecule has 0 amide bonds. The monoisotopic (exact) mass is 306 g/mol. The van der Waals surface area contributed by atoms with Crippen molar-refractivity contribution in [2.24, 2.45) is 5.92 Å². The van der Waals surface area contributed by atoms with Gasteiger partial charge in [0.15, 0.2) is 0 Å². The van der Waals surface area contributed by atoms with Gasteiger partial charge in [-0.1, -0.05) is 6.92 Å². The van der Waals surface area contributed by atoms with Crippen molar-refractivity contribution in [1.82, 2.24) is 15.3 Å². The molecule has 1 rings (SSSR count). The van der Waals surface area contributed by atoms with Crippen LogP contribution in [0.1, 0.15) is 6.92 Å². The molecule has 0 aromatic carbocycles. The van der Waals surface area contributed by atoms with Gasteiger partial charge in [0.2, 0.25) is 5.95 Å². The first-order valence-electron chi connectivity index (χ1n) is 4.58. The average Bonchev–Trinajstić information content (AvgIpc) is 2.17. The summed E-state index contributed by atoms with van der Waals surface area (Å²) in [5, 5.41) is 6.32. The van der Waals surface area contributed by atoms with Crippen LogP contribution in [0.25, 0.3) is 0 Å². The lowest BCUT2D eigenvalue weighted by Crippen LogP contribution is -2.23. The smallest absolute Gasteiger partial charge is 0.222 e. The van der Waals surface area contributed by atoms with E-state index in [0.29, 0.717) is 11.9 Å². The fraction of sp³-hybridized carbons (Fsp3) is 0.556. The van der Waals surface area contributed by atoms with Gasteiger partial charge >= 0.3 is 0 Å². The molecule has 0 fully saturated rings. The predicted octanol–water partition coefficient (Wildman–Crippen LogP) is 1.35. The molecular weight excluding hydrogens is 291 g/mol. The number of nitrogens with one attached hydrogen (secondary N) is 2. The van der Waals surface area contributed by atoms with Gasteiger partial charge < -0.3 is 10.6 Å². The summed E-state index contributed by atoms with van der Waals surface area (Å²) in [5.41, 5.74) is 0. The quantitative estimate of drug-likeness (QED) is 0.806. The Morgan fingerprint density at radius 2 is 2.00 bits per heavy atom. The largest absolute Gasteiger partial charge is 0.354 e. The van der Waals surface area contributed by atoms with Crippen LogP contribution in [0.2, 0.25) is 0 Å². The van der Waals surface area contributed by atoms with Gasteiger partial charge in [-0.2, -0.15) is 0 Å². The van der Waals surface area contributed by atoms with Crippen LogP contribution < -0.4 is 10.6 Å². The van der Waals surface area contributed by atoms with E-state index < -0.39 is 0 Å². The first-order chi connectivity index (χ1) is 6.72. The van der Waals surface area contributed by atoms with Gasteiger partial charge in [-0.15, -0.1) is 0 Å². The molecule has 5 heteroatoms. The van der Waals surface area contributed by atoms with Gasteiger partial charge in [-0.25, -0.2) is 9.97 Å². The van der Waals surface area contributed by atoms with E-state index in [1.54, 1.807) is 12.4 Å². The highest BCUT2D eigenvalue weighted by molar-refractivity contribution is 14.1. The second-order valence-electron chi connectivity index (χ2n) is 3.27. The van der Waals surface area contributed by atoms with Crippen molar-refractivity contribution in [1.29, 1.82) is 0 Å². The number of hydrogen-bond donors (Lipinski definition) is 2. The van der Waals surface area contributed by atoms with E-state index in [2.05, 4.69) is 50.1 Å². The first kappa shape index (κ1) is 11.6. The van der Waals surface area contributed by atoms with Crippen LogP contribution in [0.4, 0.5) is 5.95 Å². The molecule has 14 heavy (non-hydrogen) atoms. The van der Waals surface area contributed by atoms with Crippen molar-refractivity contribution in [3.8, 4) is 0 Å². The molecule has 1 unspecified atom stereocenters. The maximum atomic E-state index is 4.16. The zero-order chi connectivity index (χ0) is 10.4. The van der Waals surface area contributed by atoms with E-state index in [1.807, 2.05) is 7.05 Å². The molecule has 0 aliphatic carbocycles. The normalized spacial score (nSPS) is 12.5. The van der Waals surface area contributed by atoms with Crippen LogP contribution in [0.15, 0.2) is 12.4 Å². The van der Waals surface area contributed by atoms with E-state index >= 15 is 0 Å². The second-order valence-corrected chi connectivity index (χ2v) is 4.51. The Bertz CT molecular complexity index is 262. The molecule has 1 aromatic rings. The zero-order valence-corrected chi connectivity index (χ0v) is 10.6. The Morgan fingerprint density at radius 3 is 2.57 bits per heavy atom. The van der Waals surface area contributed by atoms with Crippen molar-refractivity contribution >= 4 is 28.5 Å². The minimum Gasteiger partial charge on any atom is -0.354 e. The third kappa shape index (κ3) is 4.19. The summed E-state index contributed by atoms with van der Waals surface area (Å²) in [6.07, 6.45) is 3.61. The van der Waals surface area contributed by atoms with Gasteiger partial charge in [-0.3, -0.25) is 0 Å². The Hall–Kier alpha value is -0.430. The number of halogens is 1. The van der Waals surface area contributed by atoms with Gasteiger partial charge in [0.25, 0.3) is 0 Å². The molecular formula is C9H15IN4. The van der Waals surface area contributed by atoms with Crippen LogP contribution in [0.3, 0.4) is 0 Å². The molecule has 78 valence electrons. The van der Waals surface area contributed by atoms with Crippen molar-refractivity contribution < 1.29 is 0 Å². The lowest BCUT2D eigenvalue weighted by molar-refractivity contribution is 0.568. The van der Waals surface area contributed by atoms with Gasteiger partial charge in [0.05, 0.1) is 0 Å². The molecule has 1 atom stereocenters. The molecule has 4 nitrogen and oxygen atoms in total. The maximum absolute atomic E-state index is 4.16. The van der Waals surface area contributed by atoms with Crippen LogP contribution in [0, 0.1) is 9.49 Å². The second kappa shape index (κ2) is 6.13. The fourth-order valence-corrected chi connectivity index (χ4v) is 1.37. The standard InChI is InChI=1S/C9H15IN4/c1-7(3-11-2)4-12-9-13-5-8(10)6-14-9/h5-7,11H,3-4H2,1-2H3,(H,12,13,14). The Labute approximate surface area is 98.1 Å². The highest BCUT2D eigenvalue weighted by Crippen LogP contribution is 2.03. The van der Waals surface area contributed by atoms with E-state index in [1.165, 1.54) is 0 Å². The summed E-state index contributed by atoms with van der Waals surface area (Å²) in [4.78, 5) is 8.32. The van der Waals surface area contributed by atoms with Crippen molar-refractivity contribution in [2.45, 2.75) is 6.92 Å². The van der Waals surface area contributed by atoms with E-state index in [4.69, 9.17) is 0 Å². The predicted molar refractivity (Wildman–Crippen MR) is 66.3 cm³/mol. The molecule has 0 aliphatic heterocycles. The zero-order valence-electron chi connectivity index (χ0n) is 8.42. The summed E-state index contributed by atoms with van der Waals surface area (Å²) in [6.45, 7) is 4.06. The van der Waals surface area contributed by atoms with Gasteiger partial charge in [0, 0.05) is 22.5 Å². The Kier molecular flexibility index (Phi) is 5.10. The highest BCUT2D eigenvalue weighted by Gasteiger charge is 2.01. The third-order valence-corrected chi connectivity index (χ3v) is 2.34. The number of hydrogen-bond acceptors (Lipinski definition) is 4. The lowest BCUT2D eigenvalue weighted by Gasteiger charge is -2.11. The van der Waals surface area contributed by atoms with E-state index in [0.717, 1.165) is 16.7 Å². The van der Waals surface area contributed by atoms with Crippen molar-refractivity contribution in [3.05, 3.63) is 16.0 Å². The molecule has 1 aromatic heterocycles. The van der Waals surface area contributed by atoms with Crippen molar-refractivity contribution in [3.63, 3.8) is 0 Å². The number of rotatable bonds is 5. The average molecular weight is 306 g/mol. The van der Waals surface area contributed by atoms with E-state index in [-0.39, 0.29) is 0 Å². The SMILES string of the molecule is CNCC(C)CNc1ncc(I)cn1. The third-order valence-electron chi connectivity index (χ3n) is 1.78. The highest BCUT2D eigenvalue weighted by atomic mass is 127. The van der Waals surface area contributed by atoms with Crippen LogP contribution in [-0.4, -0.2) is 30.1 Å². The minimum absolute atomic E-state index is 0.572. The maximum Gasteiger partial charge on any atom is 0.222 e. The Morgan fingerprint density at radius 1 is 1.36 bits per heavy atom. The minimum atomic E-state index is 0.572. The van der Waals surface area contributed by atoms with Crippen molar-refractivity contribution in [2.75, 3.05) is 25.5 Å². The summed E-state index contributed by atoms with van der Waals surface area (Å²) in [5.74, 6) is 1.27. The molecule has 0 bridgehead atoms. The molecule has 0 radical (unpaired) electrons. The Balaban J connectivity index is 2.34. The van der Waals surface area contributed by atoms with Gasteiger partial charge in [-0.05, 0) is 42.1 Å². The molecule has 0 spiro atoms. The summed E-state index contributed by atoms with van der Waals surface area (Å²) in [6, 6.07) is 0. The van der Waals surface area contributed by atoms with Gasteiger partial charge in [0.1, 0.15) is 0 Å². The topological polar surface area (TPSA) is 49.8 Å². The first-order valence-corrected chi connectivity index (χ1v) is 5.66. The summed E-state index contributed by atoms with van der Waals surface area (Å²) >= 11 is 2.19.